The zero-order chi connectivity index (χ0) is 17.1. The second kappa shape index (κ2) is 6.84. The predicted octanol–water partition coefficient (Wildman–Crippen LogP) is 3.10. The molecule has 124 valence electrons. The number of carbonyl (C=O) groups excluding carboxylic acids is 2. The lowest BCUT2D eigenvalue weighted by Crippen LogP contribution is -2.34. The molecule has 5 nitrogen and oxygen atoms in total. The molecule has 7 heteroatoms. The third kappa shape index (κ3) is 3.16. The topological polar surface area (TPSA) is 71.3 Å². The molecule has 3 rings (SSSR count). The monoisotopic (exact) mass is 346 g/mol. The zero-order valence-corrected chi connectivity index (χ0v) is 13.7. The first-order valence-electron chi connectivity index (χ1n) is 7.35. The SMILES string of the molecule is Cc1c(C(=O)NCCNC(=O)c2ccco2)sc2cccc(F)c12. The Bertz CT molecular complexity index is 887. The van der Waals surface area contributed by atoms with E-state index in [4.69, 9.17) is 4.42 Å². The summed E-state index contributed by atoms with van der Waals surface area (Å²) in [5, 5.41) is 5.85. The summed E-state index contributed by atoms with van der Waals surface area (Å²) >= 11 is 1.25. The standard InChI is InChI=1S/C17H15FN2O3S/c1-10-14-11(18)4-2-6-13(14)24-15(10)17(22)20-8-7-19-16(21)12-5-3-9-23-12/h2-6,9H,7-8H2,1H3,(H,19,21)(H,20,22). The molecule has 2 heterocycles. The molecule has 0 fully saturated rings. The molecule has 0 bridgehead atoms. The number of amides is 2. The molecule has 0 saturated carbocycles. The average Bonchev–Trinajstić information content (AvgIpc) is 3.20. The van der Waals surface area contributed by atoms with Crippen molar-refractivity contribution in [3.63, 3.8) is 0 Å². The maximum atomic E-state index is 13.9. The summed E-state index contributed by atoms with van der Waals surface area (Å²) in [4.78, 5) is 24.4. The van der Waals surface area contributed by atoms with E-state index in [9.17, 15) is 14.0 Å². The number of rotatable bonds is 5. The molecule has 1 aromatic carbocycles. The van der Waals surface area contributed by atoms with E-state index >= 15 is 0 Å². The fourth-order valence-electron chi connectivity index (χ4n) is 2.40. The molecule has 2 N–H and O–H groups in total. The lowest BCUT2D eigenvalue weighted by Gasteiger charge is -2.05. The van der Waals surface area contributed by atoms with E-state index in [1.807, 2.05) is 0 Å². The number of benzene rings is 1. The Labute approximate surface area is 141 Å². The minimum absolute atomic E-state index is 0.220. The number of halogens is 1. The van der Waals surface area contributed by atoms with Gasteiger partial charge in [-0.3, -0.25) is 9.59 Å². The maximum absolute atomic E-state index is 13.9. The molecule has 2 amide bonds. The summed E-state index contributed by atoms with van der Waals surface area (Å²) in [6.07, 6.45) is 1.42. The molecule has 0 atom stereocenters. The normalized spacial score (nSPS) is 10.8. The number of hydrogen-bond donors (Lipinski definition) is 2. The van der Waals surface area contributed by atoms with E-state index in [1.165, 1.54) is 23.7 Å². The molecule has 24 heavy (non-hydrogen) atoms. The van der Waals surface area contributed by atoms with E-state index in [0.29, 0.717) is 15.8 Å². The highest BCUT2D eigenvalue weighted by molar-refractivity contribution is 7.21. The summed E-state index contributed by atoms with van der Waals surface area (Å²) in [6, 6.07) is 7.98. The van der Waals surface area contributed by atoms with Crippen molar-refractivity contribution in [1.29, 1.82) is 0 Å². The molecule has 0 unspecified atom stereocenters. The molecule has 3 aromatic rings. The molecule has 0 radical (unpaired) electrons. The minimum Gasteiger partial charge on any atom is -0.459 e. The van der Waals surface area contributed by atoms with Crippen LogP contribution in [0.4, 0.5) is 4.39 Å². The van der Waals surface area contributed by atoms with Crippen LogP contribution in [0.2, 0.25) is 0 Å². The van der Waals surface area contributed by atoms with Crippen molar-refractivity contribution in [3.8, 4) is 0 Å². The van der Waals surface area contributed by atoms with Gasteiger partial charge in [-0.25, -0.2) is 4.39 Å². The number of hydrogen-bond acceptors (Lipinski definition) is 4. The fraction of sp³-hybridized carbons (Fsp3) is 0.176. The third-order valence-corrected chi connectivity index (χ3v) is 4.81. The smallest absolute Gasteiger partial charge is 0.287 e. The second-order valence-corrected chi connectivity index (χ2v) is 6.21. The molecule has 0 aliphatic heterocycles. The lowest BCUT2D eigenvalue weighted by atomic mass is 10.1. The van der Waals surface area contributed by atoms with Gasteiger partial charge in [0.05, 0.1) is 11.1 Å². The Morgan fingerprint density at radius 1 is 1.12 bits per heavy atom. The van der Waals surface area contributed by atoms with Gasteiger partial charge in [-0.1, -0.05) is 6.07 Å². The van der Waals surface area contributed by atoms with Gasteiger partial charge < -0.3 is 15.1 Å². The van der Waals surface area contributed by atoms with Gasteiger partial charge in [0.1, 0.15) is 5.82 Å². The summed E-state index contributed by atoms with van der Waals surface area (Å²) in [6.45, 7) is 2.26. The van der Waals surface area contributed by atoms with E-state index in [2.05, 4.69) is 10.6 Å². The Morgan fingerprint density at radius 2 is 1.88 bits per heavy atom. The van der Waals surface area contributed by atoms with Crippen LogP contribution in [-0.4, -0.2) is 24.9 Å². The van der Waals surface area contributed by atoms with Crippen LogP contribution in [0.5, 0.6) is 0 Å². The van der Waals surface area contributed by atoms with Gasteiger partial charge in [0.15, 0.2) is 5.76 Å². The molecule has 0 saturated heterocycles. The van der Waals surface area contributed by atoms with Gasteiger partial charge in [0, 0.05) is 23.2 Å². The van der Waals surface area contributed by atoms with Gasteiger partial charge in [-0.05, 0) is 36.8 Å². The third-order valence-electron chi connectivity index (χ3n) is 3.55. The van der Waals surface area contributed by atoms with Crippen molar-refractivity contribution in [2.45, 2.75) is 6.92 Å². The fourth-order valence-corrected chi connectivity index (χ4v) is 3.54. The Balaban J connectivity index is 1.59. The van der Waals surface area contributed by atoms with Crippen LogP contribution in [0.15, 0.2) is 41.0 Å². The Hall–Kier alpha value is -2.67. The number of carbonyl (C=O) groups is 2. The first-order chi connectivity index (χ1) is 11.6. The number of thiophene rings is 1. The van der Waals surface area contributed by atoms with Crippen LogP contribution < -0.4 is 10.6 Å². The highest BCUT2D eigenvalue weighted by atomic mass is 32.1. The summed E-state index contributed by atoms with van der Waals surface area (Å²) in [5.41, 5.74) is 0.630. The van der Waals surface area contributed by atoms with Gasteiger partial charge >= 0.3 is 0 Å². The van der Waals surface area contributed by atoms with Crippen molar-refractivity contribution in [2.24, 2.45) is 0 Å². The summed E-state index contributed by atoms with van der Waals surface area (Å²) in [5.74, 6) is -0.724. The number of fused-ring (bicyclic) bond motifs is 1. The zero-order valence-electron chi connectivity index (χ0n) is 12.9. The van der Waals surface area contributed by atoms with Gasteiger partial charge in [0.25, 0.3) is 11.8 Å². The van der Waals surface area contributed by atoms with Crippen LogP contribution in [0.1, 0.15) is 25.8 Å². The predicted molar refractivity (Wildman–Crippen MR) is 89.9 cm³/mol. The molecule has 2 aromatic heterocycles. The van der Waals surface area contributed by atoms with Crippen molar-refractivity contribution in [1.82, 2.24) is 10.6 Å². The molecule has 0 spiro atoms. The van der Waals surface area contributed by atoms with Crippen molar-refractivity contribution in [3.05, 3.63) is 58.6 Å². The number of aryl methyl sites for hydroxylation is 1. The van der Waals surface area contributed by atoms with E-state index in [1.54, 1.807) is 31.2 Å². The second-order valence-electron chi connectivity index (χ2n) is 5.16. The van der Waals surface area contributed by atoms with E-state index < -0.39 is 0 Å². The first kappa shape index (κ1) is 16.2. The van der Waals surface area contributed by atoms with Gasteiger partial charge in [-0.15, -0.1) is 11.3 Å². The highest BCUT2D eigenvalue weighted by Gasteiger charge is 2.17. The van der Waals surface area contributed by atoms with E-state index in [-0.39, 0.29) is 36.5 Å². The van der Waals surface area contributed by atoms with Crippen molar-refractivity contribution in [2.75, 3.05) is 13.1 Å². The summed E-state index contributed by atoms with van der Waals surface area (Å²) in [7, 11) is 0. The molecular formula is C17H15FN2O3S. The Kier molecular flexibility index (Phi) is 4.61. The van der Waals surface area contributed by atoms with Crippen molar-refractivity contribution >= 4 is 33.2 Å². The maximum Gasteiger partial charge on any atom is 0.287 e. The molecule has 0 aliphatic carbocycles. The first-order valence-corrected chi connectivity index (χ1v) is 8.17. The molecular weight excluding hydrogens is 331 g/mol. The molecule has 0 aliphatic rings. The average molecular weight is 346 g/mol. The Morgan fingerprint density at radius 3 is 2.54 bits per heavy atom. The van der Waals surface area contributed by atoms with Crippen LogP contribution in [0.25, 0.3) is 10.1 Å². The lowest BCUT2D eigenvalue weighted by molar-refractivity contribution is 0.0911. The van der Waals surface area contributed by atoms with Crippen LogP contribution in [0.3, 0.4) is 0 Å². The number of nitrogens with one attached hydrogen (secondary N) is 2. The van der Waals surface area contributed by atoms with Crippen LogP contribution >= 0.6 is 11.3 Å². The van der Waals surface area contributed by atoms with Gasteiger partial charge in [-0.2, -0.15) is 0 Å². The largest absolute Gasteiger partial charge is 0.459 e. The van der Waals surface area contributed by atoms with Crippen LogP contribution in [0, 0.1) is 12.7 Å². The quantitative estimate of drug-likeness (QED) is 0.698. The van der Waals surface area contributed by atoms with Gasteiger partial charge in [0.2, 0.25) is 0 Å². The van der Waals surface area contributed by atoms with E-state index in [0.717, 1.165) is 4.70 Å². The number of furan rings is 1. The van der Waals surface area contributed by atoms with Crippen molar-refractivity contribution < 1.29 is 18.4 Å². The minimum atomic E-state index is -0.339. The highest BCUT2D eigenvalue weighted by Crippen LogP contribution is 2.32. The summed E-state index contributed by atoms with van der Waals surface area (Å²) < 4.78 is 19.6. The van der Waals surface area contributed by atoms with Crippen LogP contribution in [-0.2, 0) is 0 Å².